The van der Waals surface area contributed by atoms with Crippen molar-refractivity contribution in [2.45, 2.75) is 165 Å². The summed E-state index contributed by atoms with van der Waals surface area (Å²) in [6.07, 6.45) is -8.80. The Morgan fingerprint density at radius 1 is 0.966 bits per heavy atom. The van der Waals surface area contributed by atoms with Crippen molar-refractivity contribution in [3.05, 3.63) is 16.1 Å². The lowest BCUT2D eigenvalue weighted by Crippen LogP contribution is -2.66. The summed E-state index contributed by atoms with van der Waals surface area (Å²) in [5, 5.41) is 73.6. The Bertz CT molecular complexity index is 1480. The van der Waals surface area contributed by atoms with Gasteiger partial charge in [-0.25, -0.2) is 9.78 Å². The summed E-state index contributed by atoms with van der Waals surface area (Å²) in [6, 6.07) is -1.32. The van der Waals surface area contributed by atoms with Gasteiger partial charge in [0.1, 0.15) is 42.7 Å². The normalized spacial score (nSPS) is 30.5. The molecule has 1 aromatic rings. The molecular formula is C39H64N4O15S. The zero-order valence-corrected chi connectivity index (χ0v) is 35.1. The van der Waals surface area contributed by atoms with Crippen LogP contribution in [0.15, 0.2) is 5.38 Å². The smallest absolute Gasteiger partial charge is 0.332 e. The number of nitrogens with one attached hydrogen (secondary N) is 3. The van der Waals surface area contributed by atoms with Crippen molar-refractivity contribution < 1.29 is 73.5 Å². The van der Waals surface area contributed by atoms with Crippen LogP contribution >= 0.6 is 11.3 Å². The number of unbranched alkanes of at least 4 members (excludes halogenated alkanes) is 1. The number of aryl methyl sites for hydroxylation is 1. The lowest BCUT2D eigenvalue weighted by atomic mass is 9.85. The number of hydrogen-bond acceptors (Lipinski definition) is 16. The van der Waals surface area contributed by atoms with Crippen molar-refractivity contribution in [1.82, 2.24) is 20.9 Å². The molecule has 19 nitrogen and oxygen atoms in total. The van der Waals surface area contributed by atoms with Crippen molar-refractivity contribution >= 4 is 35.0 Å². The second kappa shape index (κ2) is 23.9. The summed E-state index contributed by atoms with van der Waals surface area (Å²) in [7, 11) is 0. The van der Waals surface area contributed by atoms with Crippen LogP contribution in [0.3, 0.4) is 0 Å². The molecule has 0 bridgehead atoms. The molecule has 2 saturated heterocycles. The summed E-state index contributed by atoms with van der Waals surface area (Å²) in [6.45, 7) is 5.53. The molecule has 1 saturated carbocycles. The zero-order valence-electron chi connectivity index (χ0n) is 34.3. The van der Waals surface area contributed by atoms with Gasteiger partial charge in [-0.15, -0.1) is 11.3 Å². The van der Waals surface area contributed by atoms with E-state index in [1.807, 2.05) is 6.92 Å². The standard InChI is InChI=1S/C39H64N4O15S/c1-5-6-12-24(34(50)40-13-14-41-35(51)36-42-20(2)19-59-36)16-25(18-54-39-32(49)31(48)29(46)21(3)55-39)56-38-28(43-22(4)45)33(30(47)27(17-44)58-38)57-26(37(52)53)15-23-10-8-7-9-11-23/h19,21,23-33,38-39,44,46-49H,5-18H2,1-4H3,(H,40,50)(H,41,51)(H,43,45)(H,52,53)/t21-,24?,25+,26-,27-,28?,29?,30-,31-,32-,33?,38+,39?/m0/s1. The molecule has 1 aromatic heterocycles. The number of nitrogens with zero attached hydrogens (tertiary/aromatic N) is 1. The van der Waals surface area contributed by atoms with Gasteiger partial charge in [0.05, 0.1) is 25.4 Å². The summed E-state index contributed by atoms with van der Waals surface area (Å²) in [4.78, 5) is 55.6. The minimum absolute atomic E-state index is 0.0376. The first kappa shape index (κ1) is 48.8. The van der Waals surface area contributed by atoms with Crippen molar-refractivity contribution in [1.29, 1.82) is 0 Å². The molecule has 336 valence electrons. The predicted octanol–water partition coefficient (Wildman–Crippen LogP) is 0.115. The molecule has 1 aliphatic carbocycles. The lowest BCUT2D eigenvalue weighted by molar-refractivity contribution is -0.316. The van der Waals surface area contributed by atoms with Gasteiger partial charge in [0, 0.05) is 37.0 Å². The van der Waals surface area contributed by atoms with Gasteiger partial charge in [0.2, 0.25) is 11.8 Å². The largest absolute Gasteiger partial charge is 0.479 e. The number of thiazole rings is 1. The number of carbonyl (C=O) groups excluding carboxylic acids is 3. The van der Waals surface area contributed by atoms with E-state index in [-0.39, 0.29) is 50.3 Å². The third kappa shape index (κ3) is 14.3. The molecule has 0 aromatic carbocycles. The molecule has 20 heteroatoms. The van der Waals surface area contributed by atoms with E-state index >= 15 is 0 Å². The maximum atomic E-state index is 13.7. The number of carboxylic acids is 1. The molecule has 13 atom stereocenters. The molecule has 3 aliphatic rings. The quantitative estimate of drug-likeness (QED) is 0.0700. The van der Waals surface area contributed by atoms with E-state index in [0.717, 1.165) is 38.5 Å². The van der Waals surface area contributed by atoms with Gasteiger partial charge < -0.3 is 70.3 Å². The Morgan fingerprint density at radius 3 is 2.31 bits per heavy atom. The van der Waals surface area contributed by atoms with Crippen LogP contribution in [0.5, 0.6) is 0 Å². The highest BCUT2D eigenvalue weighted by Gasteiger charge is 2.50. The van der Waals surface area contributed by atoms with E-state index in [2.05, 4.69) is 20.9 Å². The fourth-order valence-electron chi connectivity index (χ4n) is 7.73. The van der Waals surface area contributed by atoms with Gasteiger partial charge in [-0.3, -0.25) is 14.4 Å². The highest BCUT2D eigenvalue weighted by molar-refractivity contribution is 7.11. The first-order valence-electron chi connectivity index (χ1n) is 20.7. The zero-order chi connectivity index (χ0) is 43.2. The molecule has 3 heterocycles. The van der Waals surface area contributed by atoms with Gasteiger partial charge in [0.15, 0.2) is 23.7 Å². The summed E-state index contributed by atoms with van der Waals surface area (Å²) in [5.41, 5.74) is 0.716. The second-order valence-electron chi connectivity index (χ2n) is 15.8. The van der Waals surface area contributed by atoms with E-state index < -0.39 is 98.0 Å². The molecule has 2 aliphatic heterocycles. The van der Waals surface area contributed by atoms with Crippen LogP contribution in [-0.2, 0) is 38.1 Å². The maximum Gasteiger partial charge on any atom is 0.332 e. The minimum Gasteiger partial charge on any atom is -0.479 e. The van der Waals surface area contributed by atoms with Crippen molar-refractivity contribution in [2.75, 3.05) is 26.3 Å². The number of aliphatic hydroxyl groups is 5. The van der Waals surface area contributed by atoms with Crippen LogP contribution < -0.4 is 16.0 Å². The van der Waals surface area contributed by atoms with Gasteiger partial charge in [-0.2, -0.15) is 0 Å². The highest BCUT2D eigenvalue weighted by atomic mass is 32.1. The van der Waals surface area contributed by atoms with E-state index in [1.54, 1.807) is 12.3 Å². The highest BCUT2D eigenvalue weighted by Crippen LogP contribution is 2.33. The van der Waals surface area contributed by atoms with E-state index in [1.165, 1.54) is 25.2 Å². The molecular weight excluding hydrogens is 797 g/mol. The van der Waals surface area contributed by atoms with Gasteiger partial charge in [-0.1, -0.05) is 51.9 Å². The Morgan fingerprint density at radius 2 is 1.68 bits per heavy atom. The Kier molecular flexibility index (Phi) is 19.8. The Hall–Kier alpha value is -2.89. The number of carbonyl (C=O) groups is 4. The molecule has 3 amide bonds. The van der Waals surface area contributed by atoms with Crippen molar-refractivity contribution in [2.24, 2.45) is 11.8 Å². The number of aromatic nitrogens is 1. The van der Waals surface area contributed by atoms with Crippen LogP contribution in [0.25, 0.3) is 0 Å². The van der Waals surface area contributed by atoms with E-state index in [0.29, 0.717) is 23.5 Å². The molecule has 4 rings (SSSR count). The third-order valence-corrected chi connectivity index (χ3v) is 12.0. The van der Waals surface area contributed by atoms with Crippen LogP contribution in [0, 0.1) is 18.8 Å². The summed E-state index contributed by atoms with van der Waals surface area (Å²) >= 11 is 1.21. The topological polar surface area (TPSA) is 285 Å². The number of amides is 3. The predicted molar refractivity (Wildman–Crippen MR) is 210 cm³/mol. The fraction of sp³-hybridized carbons (Fsp3) is 0.821. The van der Waals surface area contributed by atoms with Gasteiger partial charge >= 0.3 is 5.97 Å². The van der Waals surface area contributed by atoms with E-state index in [4.69, 9.17) is 23.7 Å². The van der Waals surface area contributed by atoms with Crippen molar-refractivity contribution in [3.63, 3.8) is 0 Å². The first-order chi connectivity index (χ1) is 28.1. The summed E-state index contributed by atoms with van der Waals surface area (Å²) in [5.74, 6) is -3.22. The first-order valence-corrected chi connectivity index (χ1v) is 21.6. The van der Waals surface area contributed by atoms with Crippen LogP contribution in [0.4, 0.5) is 0 Å². The lowest BCUT2D eigenvalue weighted by Gasteiger charge is -2.46. The Labute approximate surface area is 348 Å². The Balaban J connectivity index is 1.57. The number of carboxylic acid groups (broad SMARTS) is 1. The SMILES string of the molecule is CCCCC(C[C@H](COC1O[C@@H](C)C(O)[C@H](O)[C@@H]1O)O[C@@H]1O[C@@H](CO)[C@H](O)C(O[C@@H](CC2CCCCC2)C(=O)O)C1NC(C)=O)C(=O)NCCNC(=O)c1nc(C)cs1. The van der Waals surface area contributed by atoms with Crippen LogP contribution in [-0.4, -0.2) is 159 Å². The van der Waals surface area contributed by atoms with Gasteiger partial charge in [-0.05, 0) is 39.0 Å². The van der Waals surface area contributed by atoms with Gasteiger partial charge in [0.25, 0.3) is 5.91 Å². The van der Waals surface area contributed by atoms with Crippen molar-refractivity contribution in [3.8, 4) is 0 Å². The molecule has 59 heavy (non-hydrogen) atoms. The number of aliphatic hydroxyl groups excluding tert-OH is 5. The molecule has 5 unspecified atom stereocenters. The number of rotatable bonds is 22. The molecule has 0 spiro atoms. The molecule has 9 N–H and O–H groups in total. The number of hydrogen-bond donors (Lipinski definition) is 9. The van der Waals surface area contributed by atoms with Crippen LogP contribution in [0.2, 0.25) is 0 Å². The number of aliphatic carboxylic acids is 1. The average Bonchev–Trinajstić information content (AvgIpc) is 3.65. The molecule has 0 radical (unpaired) electrons. The molecule has 3 fully saturated rings. The van der Waals surface area contributed by atoms with Crippen LogP contribution in [0.1, 0.15) is 100 Å². The monoisotopic (exact) mass is 860 g/mol. The summed E-state index contributed by atoms with van der Waals surface area (Å²) < 4.78 is 30.2. The second-order valence-corrected chi connectivity index (χ2v) is 16.7. The minimum atomic E-state index is -1.66. The maximum absolute atomic E-state index is 13.7. The third-order valence-electron chi connectivity index (χ3n) is 11.0. The number of ether oxygens (including phenoxy) is 5. The fourth-order valence-corrected chi connectivity index (χ4v) is 8.44. The van der Waals surface area contributed by atoms with E-state index in [9.17, 15) is 49.8 Å². The average molecular weight is 861 g/mol.